The summed E-state index contributed by atoms with van der Waals surface area (Å²) in [6.07, 6.45) is 3.97. The number of fused-ring (bicyclic) bond motifs is 1. The van der Waals surface area contributed by atoms with Crippen LogP contribution in [0.4, 0.5) is 0 Å². The van der Waals surface area contributed by atoms with Gasteiger partial charge in [-0.1, -0.05) is 43.5 Å². The number of aliphatic hydroxyl groups is 1. The van der Waals surface area contributed by atoms with E-state index in [1.807, 2.05) is 4.90 Å². The molecule has 0 spiro atoms. The Morgan fingerprint density at radius 3 is 2.69 bits per heavy atom. The molecule has 0 bridgehead atoms. The molecule has 1 heterocycles. The molecule has 26 heavy (non-hydrogen) atoms. The molecule has 3 rings (SSSR count). The van der Waals surface area contributed by atoms with E-state index in [0.717, 1.165) is 25.7 Å². The van der Waals surface area contributed by atoms with Crippen molar-refractivity contribution in [3.05, 3.63) is 34.9 Å². The van der Waals surface area contributed by atoms with E-state index in [2.05, 4.69) is 12.2 Å². The lowest BCUT2D eigenvalue weighted by Crippen LogP contribution is -2.48. The maximum Gasteiger partial charge on any atom is 0.252 e. The van der Waals surface area contributed by atoms with Crippen molar-refractivity contribution < 1.29 is 14.7 Å². The van der Waals surface area contributed by atoms with Crippen molar-refractivity contribution in [1.29, 1.82) is 0 Å². The number of carbonyl (C=O) groups is 2. The van der Waals surface area contributed by atoms with Crippen LogP contribution in [0.15, 0.2) is 24.3 Å². The van der Waals surface area contributed by atoms with E-state index in [4.69, 9.17) is 11.6 Å². The van der Waals surface area contributed by atoms with Crippen LogP contribution < -0.4 is 5.32 Å². The number of halogens is 1. The van der Waals surface area contributed by atoms with Gasteiger partial charge in [-0.25, -0.2) is 0 Å². The Kier molecular flexibility index (Phi) is 5.58. The molecule has 2 amide bonds. The fourth-order valence-electron chi connectivity index (χ4n) is 4.74. The summed E-state index contributed by atoms with van der Waals surface area (Å²) in [5.74, 6) is -0.235. The normalized spacial score (nSPS) is 31.2. The van der Waals surface area contributed by atoms with E-state index in [1.54, 1.807) is 31.2 Å². The maximum atomic E-state index is 12.5. The summed E-state index contributed by atoms with van der Waals surface area (Å²) in [6.45, 7) is 4.02. The second-order valence-corrected chi connectivity index (χ2v) is 8.20. The number of rotatable bonds is 3. The van der Waals surface area contributed by atoms with Crippen LogP contribution in [0.1, 0.15) is 56.3 Å². The molecular formula is C20H27ClN2O3. The van der Waals surface area contributed by atoms with Gasteiger partial charge in [-0.05, 0) is 31.4 Å². The van der Waals surface area contributed by atoms with E-state index >= 15 is 0 Å². The second kappa shape index (κ2) is 7.57. The average molecular weight is 379 g/mol. The highest BCUT2D eigenvalue weighted by molar-refractivity contribution is 6.33. The zero-order valence-electron chi connectivity index (χ0n) is 15.4. The Labute approximate surface area is 159 Å². The quantitative estimate of drug-likeness (QED) is 0.849. The van der Waals surface area contributed by atoms with E-state index in [9.17, 15) is 14.7 Å². The molecule has 0 radical (unpaired) electrons. The molecule has 6 heteroatoms. The number of amides is 2. The number of nitrogens with zero attached hydrogens (tertiary/aromatic N) is 1. The van der Waals surface area contributed by atoms with Gasteiger partial charge in [0.25, 0.3) is 5.91 Å². The molecule has 0 unspecified atom stereocenters. The molecule has 1 aromatic carbocycles. The molecule has 142 valence electrons. The van der Waals surface area contributed by atoms with Gasteiger partial charge in [-0.3, -0.25) is 9.59 Å². The van der Waals surface area contributed by atoms with Gasteiger partial charge >= 0.3 is 0 Å². The molecule has 0 aromatic heterocycles. The van der Waals surface area contributed by atoms with Crippen molar-refractivity contribution >= 4 is 23.4 Å². The Balaban J connectivity index is 1.76. The summed E-state index contributed by atoms with van der Waals surface area (Å²) in [5.41, 5.74) is 0.115. The van der Waals surface area contributed by atoms with Gasteiger partial charge in [0, 0.05) is 24.9 Å². The number of carbonyl (C=O) groups excluding carboxylic acids is 2. The summed E-state index contributed by atoms with van der Waals surface area (Å²) in [6, 6.07) is 6.84. The molecule has 4 atom stereocenters. The Bertz CT molecular complexity index is 695. The van der Waals surface area contributed by atoms with Gasteiger partial charge in [0.05, 0.1) is 22.7 Å². The highest BCUT2D eigenvalue weighted by Crippen LogP contribution is 2.48. The van der Waals surface area contributed by atoms with Crippen LogP contribution in [0.3, 0.4) is 0 Å². The lowest BCUT2D eigenvalue weighted by atomic mass is 9.75. The number of likely N-dealkylation sites (tertiary alicyclic amines) is 1. The van der Waals surface area contributed by atoms with Gasteiger partial charge in [-0.2, -0.15) is 0 Å². The van der Waals surface area contributed by atoms with E-state index < -0.39 is 6.10 Å². The van der Waals surface area contributed by atoms with Crippen LogP contribution in [0.25, 0.3) is 0 Å². The minimum Gasteiger partial charge on any atom is -0.392 e. The zero-order chi connectivity index (χ0) is 18.9. The van der Waals surface area contributed by atoms with Crippen LogP contribution in [0, 0.1) is 5.41 Å². The van der Waals surface area contributed by atoms with Crippen LogP contribution in [0.5, 0.6) is 0 Å². The minimum absolute atomic E-state index is 0.00446. The van der Waals surface area contributed by atoms with Gasteiger partial charge in [0.2, 0.25) is 5.91 Å². The molecule has 2 fully saturated rings. The number of nitrogens with one attached hydrogen (secondary N) is 1. The third-order valence-electron chi connectivity index (χ3n) is 6.11. The first-order valence-corrected chi connectivity index (χ1v) is 9.72. The second-order valence-electron chi connectivity index (χ2n) is 7.80. The van der Waals surface area contributed by atoms with Crippen molar-refractivity contribution in [1.82, 2.24) is 10.2 Å². The Hall–Kier alpha value is -1.59. The third kappa shape index (κ3) is 3.47. The third-order valence-corrected chi connectivity index (χ3v) is 6.44. The average Bonchev–Trinajstić information content (AvgIpc) is 2.82. The van der Waals surface area contributed by atoms with Crippen LogP contribution in [-0.4, -0.2) is 46.6 Å². The fourth-order valence-corrected chi connectivity index (χ4v) is 4.97. The van der Waals surface area contributed by atoms with Crippen LogP contribution in [0.2, 0.25) is 5.02 Å². The molecule has 1 aliphatic heterocycles. The SMILES string of the molecule is CC(=O)N1[C@@H](CNC(=O)c2ccccc2Cl)C[C@@]2(C)[C@@H](O)CCCC[C@@H]12. The number of benzene rings is 1. The highest BCUT2D eigenvalue weighted by atomic mass is 35.5. The summed E-state index contributed by atoms with van der Waals surface area (Å²) in [4.78, 5) is 26.7. The number of hydrogen-bond donors (Lipinski definition) is 2. The number of aliphatic hydroxyl groups excluding tert-OH is 1. The predicted molar refractivity (Wildman–Crippen MR) is 101 cm³/mol. The first-order valence-electron chi connectivity index (χ1n) is 9.34. The van der Waals surface area contributed by atoms with Crippen molar-refractivity contribution in [2.45, 2.75) is 64.1 Å². The summed E-state index contributed by atoms with van der Waals surface area (Å²) in [7, 11) is 0. The van der Waals surface area contributed by atoms with Crippen molar-refractivity contribution in [3.63, 3.8) is 0 Å². The topological polar surface area (TPSA) is 69.6 Å². The largest absolute Gasteiger partial charge is 0.392 e. The van der Waals surface area contributed by atoms with Gasteiger partial charge in [0.15, 0.2) is 0 Å². The standard InChI is InChI=1S/C20H27ClN2O3/c1-13(24)23-14(11-20(2)17(23)9-5-6-10-18(20)25)12-22-19(26)15-7-3-4-8-16(15)21/h3-4,7-8,14,17-18,25H,5-6,9-12H2,1-2H3,(H,22,26)/t14-,17-,18+,20-/m1/s1. The Morgan fingerprint density at radius 2 is 2.00 bits per heavy atom. The van der Waals surface area contributed by atoms with Crippen molar-refractivity contribution in [2.75, 3.05) is 6.54 Å². The molecule has 1 aromatic rings. The lowest BCUT2D eigenvalue weighted by Gasteiger charge is -2.37. The van der Waals surface area contributed by atoms with Crippen molar-refractivity contribution in [3.8, 4) is 0 Å². The van der Waals surface area contributed by atoms with Crippen molar-refractivity contribution in [2.24, 2.45) is 5.41 Å². The maximum absolute atomic E-state index is 12.5. The minimum atomic E-state index is -0.416. The summed E-state index contributed by atoms with van der Waals surface area (Å²) >= 11 is 6.09. The fraction of sp³-hybridized carbons (Fsp3) is 0.600. The van der Waals surface area contributed by atoms with Crippen LogP contribution in [-0.2, 0) is 4.79 Å². The Morgan fingerprint density at radius 1 is 1.31 bits per heavy atom. The molecule has 2 aliphatic rings. The molecule has 1 aliphatic carbocycles. The lowest BCUT2D eigenvalue weighted by molar-refractivity contribution is -0.133. The zero-order valence-corrected chi connectivity index (χ0v) is 16.1. The highest BCUT2D eigenvalue weighted by Gasteiger charge is 2.54. The smallest absolute Gasteiger partial charge is 0.252 e. The molecule has 1 saturated heterocycles. The molecule has 1 saturated carbocycles. The van der Waals surface area contributed by atoms with E-state index in [1.165, 1.54) is 0 Å². The first kappa shape index (κ1) is 19.2. The predicted octanol–water partition coefficient (Wildman–Crippen LogP) is 3.00. The summed E-state index contributed by atoms with van der Waals surface area (Å²) < 4.78 is 0. The van der Waals surface area contributed by atoms with Gasteiger partial charge in [0.1, 0.15) is 0 Å². The summed E-state index contributed by atoms with van der Waals surface area (Å²) in [5, 5.41) is 14.0. The molecular weight excluding hydrogens is 352 g/mol. The number of hydrogen-bond acceptors (Lipinski definition) is 3. The van der Waals surface area contributed by atoms with Crippen LogP contribution >= 0.6 is 11.6 Å². The van der Waals surface area contributed by atoms with Gasteiger partial charge in [-0.15, -0.1) is 0 Å². The van der Waals surface area contributed by atoms with Gasteiger partial charge < -0.3 is 15.3 Å². The monoisotopic (exact) mass is 378 g/mol. The van der Waals surface area contributed by atoms with E-state index in [0.29, 0.717) is 23.6 Å². The first-order chi connectivity index (χ1) is 12.3. The van der Waals surface area contributed by atoms with E-state index in [-0.39, 0.29) is 29.3 Å². The molecule has 5 nitrogen and oxygen atoms in total. The molecule has 2 N–H and O–H groups in total.